The lowest BCUT2D eigenvalue weighted by atomic mass is 9.77. The van der Waals surface area contributed by atoms with Crippen LogP contribution < -0.4 is 0 Å². The highest BCUT2D eigenvalue weighted by Crippen LogP contribution is 2.45. The molecule has 0 atom stereocenters. The van der Waals surface area contributed by atoms with E-state index in [-0.39, 0.29) is 5.56 Å². The summed E-state index contributed by atoms with van der Waals surface area (Å²) in [4.78, 5) is 0. The molecule has 0 unspecified atom stereocenters. The second kappa shape index (κ2) is 4.51. The molecule has 0 amide bonds. The van der Waals surface area contributed by atoms with Crippen molar-refractivity contribution in [2.75, 3.05) is 13.2 Å². The standard InChI is InChI=1S/C14H16F2O3/c15-10-1-2-12(16)11(9-10)13(17)3-5-14(6-4-13)18-7-8-19-14/h1-2,9,17H,3-8H2. The van der Waals surface area contributed by atoms with E-state index in [1.807, 2.05) is 0 Å². The molecular weight excluding hydrogens is 254 g/mol. The Kier molecular flexibility index (Phi) is 3.08. The monoisotopic (exact) mass is 270 g/mol. The quantitative estimate of drug-likeness (QED) is 0.852. The molecule has 0 aromatic heterocycles. The molecule has 1 spiro atoms. The number of rotatable bonds is 1. The van der Waals surface area contributed by atoms with Gasteiger partial charge in [0, 0.05) is 18.4 Å². The highest BCUT2D eigenvalue weighted by molar-refractivity contribution is 5.26. The fourth-order valence-corrected chi connectivity index (χ4v) is 2.95. The van der Waals surface area contributed by atoms with Crippen LogP contribution >= 0.6 is 0 Å². The number of ether oxygens (including phenoxy) is 2. The predicted octanol–water partition coefficient (Wildman–Crippen LogP) is 2.47. The zero-order valence-electron chi connectivity index (χ0n) is 10.5. The van der Waals surface area contributed by atoms with Crippen molar-refractivity contribution in [2.24, 2.45) is 0 Å². The lowest BCUT2D eigenvalue weighted by Crippen LogP contribution is -2.42. The molecule has 2 aliphatic rings. The Bertz CT molecular complexity index is 474. The molecule has 1 aromatic rings. The average Bonchev–Trinajstić information content (AvgIpc) is 2.85. The van der Waals surface area contributed by atoms with Gasteiger partial charge in [0.05, 0.1) is 18.8 Å². The van der Waals surface area contributed by atoms with Crippen LogP contribution in [0.3, 0.4) is 0 Å². The summed E-state index contributed by atoms with van der Waals surface area (Å²) >= 11 is 0. The molecule has 0 bridgehead atoms. The normalized spacial score (nSPS) is 24.8. The van der Waals surface area contributed by atoms with Crippen molar-refractivity contribution in [3.63, 3.8) is 0 Å². The molecule has 5 heteroatoms. The zero-order valence-corrected chi connectivity index (χ0v) is 10.5. The maximum Gasteiger partial charge on any atom is 0.168 e. The Balaban J connectivity index is 1.83. The fraction of sp³-hybridized carbons (Fsp3) is 0.571. The Hall–Kier alpha value is -1.04. The van der Waals surface area contributed by atoms with E-state index in [9.17, 15) is 13.9 Å². The van der Waals surface area contributed by atoms with Crippen LogP contribution in [0.25, 0.3) is 0 Å². The zero-order chi connectivity index (χ0) is 13.5. The third kappa shape index (κ3) is 2.26. The molecule has 3 nitrogen and oxygen atoms in total. The van der Waals surface area contributed by atoms with Crippen LogP contribution in [0.2, 0.25) is 0 Å². The third-order valence-electron chi connectivity index (χ3n) is 4.08. The molecule has 1 aromatic carbocycles. The minimum atomic E-state index is -1.34. The Morgan fingerprint density at radius 2 is 1.63 bits per heavy atom. The predicted molar refractivity (Wildman–Crippen MR) is 63.4 cm³/mol. The first-order valence-corrected chi connectivity index (χ1v) is 6.49. The van der Waals surface area contributed by atoms with Gasteiger partial charge in [-0.25, -0.2) is 8.78 Å². The van der Waals surface area contributed by atoms with Gasteiger partial charge in [0.2, 0.25) is 0 Å². The summed E-state index contributed by atoms with van der Waals surface area (Å²) < 4.78 is 38.1. The van der Waals surface area contributed by atoms with Crippen molar-refractivity contribution in [3.05, 3.63) is 35.4 Å². The van der Waals surface area contributed by atoms with Gasteiger partial charge in [-0.15, -0.1) is 0 Å². The number of aliphatic hydroxyl groups is 1. The summed E-state index contributed by atoms with van der Waals surface area (Å²) in [6.07, 6.45) is 1.57. The number of halogens is 2. The Morgan fingerprint density at radius 3 is 2.26 bits per heavy atom. The molecule has 1 N–H and O–H groups in total. The molecule has 2 fully saturated rings. The van der Waals surface area contributed by atoms with Gasteiger partial charge >= 0.3 is 0 Å². The van der Waals surface area contributed by atoms with E-state index in [4.69, 9.17) is 9.47 Å². The van der Waals surface area contributed by atoms with Gasteiger partial charge in [-0.2, -0.15) is 0 Å². The first-order chi connectivity index (χ1) is 9.03. The van der Waals surface area contributed by atoms with Gasteiger partial charge in [-0.1, -0.05) is 0 Å². The van der Waals surface area contributed by atoms with Crippen LogP contribution in [-0.2, 0) is 15.1 Å². The molecule has 1 aliphatic carbocycles. The second-order valence-electron chi connectivity index (χ2n) is 5.26. The maximum absolute atomic E-state index is 13.8. The van der Waals surface area contributed by atoms with Gasteiger partial charge in [0.15, 0.2) is 5.79 Å². The lowest BCUT2D eigenvalue weighted by Gasteiger charge is -2.40. The van der Waals surface area contributed by atoms with Crippen molar-refractivity contribution in [3.8, 4) is 0 Å². The van der Waals surface area contributed by atoms with Crippen molar-refractivity contribution < 1.29 is 23.4 Å². The lowest BCUT2D eigenvalue weighted by molar-refractivity contribution is -0.204. The molecule has 19 heavy (non-hydrogen) atoms. The number of hydrogen-bond donors (Lipinski definition) is 1. The van der Waals surface area contributed by atoms with E-state index < -0.39 is 23.0 Å². The van der Waals surface area contributed by atoms with E-state index in [0.717, 1.165) is 18.2 Å². The number of benzene rings is 1. The second-order valence-corrected chi connectivity index (χ2v) is 5.26. The van der Waals surface area contributed by atoms with E-state index in [2.05, 4.69) is 0 Å². The van der Waals surface area contributed by atoms with Crippen LogP contribution in [0.1, 0.15) is 31.2 Å². The Labute approximate surface area is 110 Å². The van der Waals surface area contributed by atoms with Crippen LogP contribution in [0.5, 0.6) is 0 Å². The molecule has 0 radical (unpaired) electrons. The molecule has 1 saturated heterocycles. The first-order valence-electron chi connectivity index (χ1n) is 6.49. The number of hydrogen-bond acceptors (Lipinski definition) is 3. The minimum Gasteiger partial charge on any atom is -0.385 e. The summed E-state index contributed by atoms with van der Waals surface area (Å²) in [5.74, 6) is -1.75. The van der Waals surface area contributed by atoms with Crippen LogP contribution in [-0.4, -0.2) is 24.1 Å². The van der Waals surface area contributed by atoms with Crippen LogP contribution in [0, 0.1) is 11.6 Å². The average molecular weight is 270 g/mol. The van der Waals surface area contributed by atoms with Crippen molar-refractivity contribution in [1.82, 2.24) is 0 Å². The fourth-order valence-electron chi connectivity index (χ4n) is 2.95. The van der Waals surface area contributed by atoms with Crippen molar-refractivity contribution in [2.45, 2.75) is 37.1 Å². The SMILES string of the molecule is OC1(c2cc(F)ccc2F)CCC2(CC1)OCCO2. The summed E-state index contributed by atoms with van der Waals surface area (Å²) in [5.41, 5.74) is -1.31. The first kappa shape index (κ1) is 13.0. The van der Waals surface area contributed by atoms with E-state index in [1.165, 1.54) is 0 Å². The summed E-state index contributed by atoms with van der Waals surface area (Å²) in [5, 5.41) is 10.6. The largest absolute Gasteiger partial charge is 0.385 e. The minimum absolute atomic E-state index is 0.0281. The Morgan fingerprint density at radius 1 is 1.00 bits per heavy atom. The smallest absolute Gasteiger partial charge is 0.168 e. The summed E-state index contributed by atoms with van der Waals surface area (Å²) in [6.45, 7) is 1.10. The van der Waals surface area contributed by atoms with Gasteiger partial charge in [-0.05, 0) is 31.0 Å². The summed E-state index contributed by atoms with van der Waals surface area (Å²) in [7, 11) is 0. The van der Waals surface area contributed by atoms with E-state index in [0.29, 0.717) is 38.9 Å². The van der Waals surface area contributed by atoms with E-state index in [1.54, 1.807) is 0 Å². The topological polar surface area (TPSA) is 38.7 Å². The van der Waals surface area contributed by atoms with E-state index >= 15 is 0 Å². The van der Waals surface area contributed by atoms with Crippen LogP contribution in [0.15, 0.2) is 18.2 Å². The van der Waals surface area contributed by atoms with Gasteiger partial charge in [0.1, 0.15) is 11.6 Å². The van der Waals surface area contributed by atoms with Crippen molar-refractivity contribution >= 4 is 0 Å². The third-order valence-corrected chi connectivity index (χ3v) is 4.08. The molecule has 1 heterocycles. The molecule has 1 aliphatic heterocycles. The molecule has 1 saturated carbocycles. The summed E-state index contributed by atoms with van der Waals surface area (Å²) in [6, 6.07) is 3.18. The molecule has 104 valence electrons. The molecule has 3 rings (SSSR count). The van der Waals surface area contributed by atoms with Gasteiger partial charge in [0.25, 0.3) is 0 Å². The van der Waals surface area contributed by atoms with Crippen molar-refractivity contribution in [1.29, 1.82) is 0 Å². The molecular formula is C14H16F2O3. The highest BCUT2D eigenvalue weighted by atomic mass is 19.1. The van der Waals surface area contributed by atoms with Gasteiger partial charge < -0.3 is 14.6 Å². The maximum atomic E-state index is 13.8. The highest BCUT2D eigenvalue weighted by Gasteiger charge is 2.47. The van der Waals surface area contributed by atoms with Crippen LogP contribution in [0.4, 0.5) is 8.78 Å². The van der Waals surface area contributed by atoms with Gasteiger partial charge in [-0.3, -0.25) is 0 Å².